The van der Waals surface area contributed by atoms with Crippen LogP contribution in [-0.2, 0) is 11.3 Å². The van der Waals surface area contributed by atoms with Crippen molar-refractivity contribution in [3.63, 3.8) is 0 Å². The van der Waals surface area contributed by atoms with E-state index in [0.717, 1.165) is 5.56 Å². The van der Waals surface area contributed by atoms with Crippen LogP contribution in [-0.4, -0.2) is 22.5 Å². The van der Waals surface area contributed by atoms with Gasteiger partial charge in [0.2, 0.25) is 5.91 Å². The van der Waals surface area contributed by atoms with Crippen molar-refractivity contribution in [2.75, 3.05) is 10.6 Å². The fourth-order valence-electron chi connectivity index (χ4n) is 3.12. The van der Waals surface area contributed by atoms with Crippen LogP contribution in [0.2, 0.25) is 5.02 Å². The molecule has 1 aromatic heterocycles. The van der Waals surface area contributed by atoms with Crippen molar-refractivity contribution in [1.29, 1.82) is 0 Å². The molecule has 0 aliphatic heterocycles. The standard InChI is InChI=1S/C24H25ClN4O3/c1-16(2)22(28-24(32)27-18-9-4-3-5-10-18)23(31)26-19-12-13-21(30)29(15-19)14-17-8-6-7-11-20(17)25/h3-13,15-16,22H,14H2,1-2H3,(H,26,31)(H2,27,28,32). The lowest BCUT2D eigenvalue weighted by atomic mass is 10.0. The number of pyridine rings is 1. The second-order valence-corrected chi connectivity index (χ2v) is 8.06. The van der Waals surface area contributed by atoms with Gasteiger partial charge >= 0.3 is 6.03 Å². The van der Waals surface area contributed by atoms with Crippen molar-refractivity contribution in [3.05, 3.63) is 93.9 Å². The molecular formula is C24H25ClN4O3. The first kappa shape index (κ1) is 23.1. The predicted octanol–water partition coefficient (Wildman–Crippen LogP) is 4.33. The van der Waals surface area contributed by atoms with Gasteiger partial charge in [0.1, 0.15) is 6.04 Å². The third kappa shape index (κ3) is 6.21. The molecule has 0 saturated heterocycles. The third-order valence-corrected chi connectivity index (χ3v) is 5.19. The summed E-state index contributed by atoms with van der Waals surface area (Å²) in [5.74, 6) is -0.545. The maximum atomic E-state index is 12.9. The van der Waals surface area contributed by atoms with Gasteiger partial charge in [-0.25, -0.2) is 4.79 Å². The summed E-state index contributed by atoms with van der Waals surface area (Å²) in [5.41, 5.74) is 1.64. The fourth-order valence-corrected chi connectivity index (χ4v) is 3.32. The maximum absolute atomic E-state index is 12.9. The number of para-hydroxylation sites is 1. The molecule has 32 heavy (non-hydrogen) atoms. The number of amides is 3. The van der Waals surface area contributed by atoms with Crippen LogP contribution in [0.3, 0.4) is 0 Å². The zero-order valence-corrected chi connectivity index (χ0v) is 18.6. The number of hydrogen-bond donors (Lipinski definition) is 3. The van der Waals surface area contributed by atoms with Crippen molar-refractivity contribution in [1.82, 2.24) is 9.88 Å². The molecule has 3 N–H and O–H groups in total. The van der Waals surface area contributed by atoms with E-state index in [1.807, 2.05) is 38.1 Å². The van der Waals surface area contributed by atoms with Crippen LogP contribution in [0.5, 0.6) is 0 Å². The number of nitrogens with zero attached hydrogens (tertiary/aromatic N) is 1. The molecule has 1 heterocycles. The molecule has 0 bridgehead atoms. The van der Waals surface area contributed by atoms with E-state index in [4.69, 9.17) is 11.6 Å². The monoisotopic (exact) mass is 452 g/mol. The Hall–Kier alpha value is -3.58. The van der Waals surface area contributed by atoms with Gasteiger partial charge in [-0.1, -0.05) is 61.8 Å². The number of aromatic nitrogens is 1. The molecule has 8 heteroatoms. The summed E-state index contributed by atoms with van der Waals surface area (Å²) in [6.07, 6.45) is 1.56. The molecule has 3 rings (SSSR count). The Labute approximate surface area is 191 Å². The number of anilines is 2. The average molecular weight is 453 g/mol. The molecule has 1 unspecified atom stereocenters. The summed E-state index contributed by atoms with van der Waals surface area (Å²) in [6.45, 7) is 3.95. The predicted molar refractivity (Wildman–Crippen MR) is 127 cm³/mol. The van der Waals surface area contributed by atoms with Crippen LogP contribution < -0.4 is 21.5 Å². The number of carbonyl (C=O) groups excluding carboxylic acids is 2. The minimum Gasteiger partial charge on any atom is -0.326 e. The first-order valence-electron chi connectivity index (χ1n) is 10.2. The average Bonchev–Trinajstić information content (AvgIpc) is 2.76. The van der Waals surface area contributed by atoms with E-state index in [-0.39, 0.29) is 23.9 Å². The molecule has 2 aromatic carbocycles. The Bertz CT molecular complexity index is 1150. The van der Waals surface area contributed by atoms with Crippen LogP contribution in [0.15, 0.2) is 77.7 Å². The highest BCUT2D eigenvalue weighted by Crippen LogP contribution is 2.16. The maximum Gasteiger partial charge on any atom is 0.319 e. The summed E-state index contributed by atoms with van der Waals surface area (Å²) >= 11 is 6.20. The SMILES string of the molecule is CC(C)C(NC(=O)Nc1ccccc1)C(=O)Nc1ccc(=O)n(Cc2ccccc2Cl)c1. The molecule has 0 aliphatic carbocycles. The summed E-state index contributed by atoms with van der Waals surface area (Å²) in [4.78, 5) is 37.5. The highest BCUT2D eigenvalue weighted by Gasteiger charge is 2.24. The Balaban J connectivity index is 1.70. The largest absolute Gasteiger partial charge is 0.326 e. The molecule has 3 aromatic rings. The lowest BCUT2D eigenvalue weighted by Crippen LogP contribution is -2.48. The van der Waals surface area contributed by atoms with E-state index in [0.29, 0.717) is 16.4 Å². The Kier molecular flexibility index (Phi) is 7.68. The van der Waals surface area contributed by atoms with Gasteiger partial charge in [0.15, 0.2) is 0 Å². The molecule has 7 nitrogen and oxygen atoms in total. The zero-order chi connectivity index (χ0) is 23.1. The molecule has 0 spiro atoms. The zero-order valence-electron chi connectivity index (χ0n) is 17.8. The molecule has 0 radical (unpaired) electrons. The molecule has 3 amide bonds. The van der Waals surface area contributed by atoms with Crippen LogP contribution in [0, 0.1) is 5.92 Å². The van der Waals surface area contributed by atoms with Gasteiger partial charge in [0, 0.05) is 23.0 Å². The molecule has 0 fully saturated rings. The number of halogens is 1. The quantitative estimate of drug-likeness (QED) is 0.498. The molecule has 0 aliphatic rings. The molecule has 166 valence electrons. The number of benzene rings is 2. The summed E-state index contributed by atoms with van der Waals surface area (Å²) in [7, 11) is 0. The van der Waals surface area contributed by atoms with E-state index in [1.54, 1.807) is 36.5 Å². The molecule has 1 atom stereocenters. The third-order valence-electron chi connectivity index (χ3n) is 4.82. The van der Waals surface area contributed by atoms with E-state index in [2.05, 4.69) is 16.0 Å². The van der Waals surface area contributed by atoms with Crippen LogP contribution in [0.1, 0.15) is 19.4 Å². The van der Waals surface area contributed by atoms with Crippen LogP contribution in [0.4, 0.5) is 16.2 Å². The van der Waals surface area contributed by atoms with E-state index in [1.165, 1.54) is 16.7 Å². The van der Waals surface area contributed by atoms with Gasteiger partial charge in [0.05, 0.1) is 12.2 Å². The van der Waals surface area contributed by atoms with E-state index in [9.17, 15) is 14.4 Å². The number of rotatable bonds is 7. The first-order chi connectivity index (χ1) is 15.3. The summed E-state index contributed by atoms with van der Waals surface area (Å²) < 4.78 is 1.47. The van der Waals surface area contributed by atoms with Gasteiger partial charge in [-0.3, -0.25) is 9.59 Å². The minimum atomic E-state index is -0.775. The van der Waals surface area contributed by atoms with Gasteiger partial charge < -0.3 is 20.5 Å². The number of carbonyl (C=O) groups is 2. The summed E-state index contributed by atoms with van der Waals surface area (Å²) in [6, 6.07) is 17.9. The van der Waals surface area contributed by atoms with Crippen molar-refractivity contribution in [3.8, 4) is 0 Å². The van der Waals surface area contributed by atoms with Crippen LogP contribution >= 0.6 is 11.6 Å². The topological polar surface area (TPSA) is 92.2 Å². The van der Waals surface area contributed by atoms with Gasteiger partial charge in [0.25, 0.3) is 5.56 Å². The number of hydrogen-bond acceptors (Lipinski definition) is 3. The highest BCUT2D eigenvalue weighted by molar-refractivity contribution is 6.31. The van der Waals surface area contributed by atoms with Gasteiger partial charge in [-0.05, 0) is 35.7 Å². The van der Waals surface area contributed by atoms with Gasteiger partial charge in [-0.2, -0.15) is 0 Å². The second kappa shape index (κ2) is 10.6. The number of urea groups is 1. The molecule has 0 saturated carbocycles. The number of nitrogens with one attached hydrogen (secondary N) is 3. The Morgan fingerprint density at radius 3 is 2.28 bits per heavy atom. The smallest absolute Gasteiger partial charge is 0.319 e. The lowest BCUT2D eigenvalue weighted by molar-refractivity contribution is -0.118. The van der Waals surface area contributed by atoms with E-state index >= 15 is 0 Å². The summed E-state index contributed by atoms with van der Waals surface area (Å²) in [5, 5.41) is 8.76. The normalized spacial score (nSPS) is 11.6. The molecular weight excluding hydrogens is 428 g/mol. The fraction of sp³-hybridized carbons (Fsp3) is 0.208. The first-order valence-corrected chi connectivity index (χ1v) is 10.6. The van der Waals surface area contributed by atoms with Crippen molar-refractivity contribution >= 4 is 34.9 Å². The van der Waals surface area contributed by atoms with Crippen LogP contribution in [0.25, 0.3) is 0 Å². The Morgan fingerprint density at radius 1 is 0.906 bits per heavy atom. The Morgan fingerprint density at radius 2 is 1.59 bits per heavy atom. The highest BCUT2D eigenvalue weighted by atomic mass is 35.5. The second-order valence-electron chi connectivity index (χ2n) is 7.65. The minimum absolute atomic E-state index is 0.162. The van der Waals surface area contributed by atoms with Crippen molar-refractivity contribution in [2.24, 2.45) is 5.92 Å². The van der Waals surface area contributed by atoms with Crippen molar-refractivity contribution in [2.45, 2.75) is 26.4 Å². The van der Waals surface area contributed by atoms with Crippen molar-refractivity contribution < 1.29 is 9.59 Å². The van der Waals surface area contributed by atoms with Gasteiger partial charge in [-0.15, -0.1) is 0 Å². The lowest BCUT2D eigenvalue weighted by Gasteiger charge is -2.22. The van der Waals surface area contributed by atoms with E-state index < -0.39 is 12.1 Å².